The van der Waals surface area contributed by atoms with E-state index in [-0.39, 0.29) is 12.1 Å². The van der Waals surface area contributed by atoms with Crippen LogP contribution in [0.5, 0.6) is 0 Å². The summed E-state index contributed by atoms with van der Waals surface area (Å²) in [6, 6.07) is 0. The van der Waals surface area contributed by atoms with Gasteiger partial charge < -0.3 is 10.2 Å². The van der Waals surface area contributed by atoms with E-state index >= 15 is 0 Å². The second-order valence-electron chi connectivity index (χ2n) is 3.77. The topological polar surface area (TPSA) is 69.1 Å². The Morgan fingerprint density at radius 3 is 2.75 bits per heavy atom. The molecular weight excluding hydrogens is 218 g/mol. The molecule has 16 heavy (non-hydrogen) atoms. The van der Waals surface area contributed by atoms with Crippen LogP contribution < -0.4 is 5.73 Å². The van der Waals surface area contributed by atoms with Crippen LogP contribution in [-0.4, -0.2) is 16.8 Å². The van der Waals surface area contributed by atoms with Crippen LogP contribution in [0.2, 0.25) is 0 Å². The third-order valence-electron chi connectivity index (χ3n) is 2.06. The Labute approximate surface area is 91.8 Å². The first-order valence-electron chi connectivity index (χ1n) is 5.00. The molecule has 0 aromatic carbocycles. The number of amides is 1. The van der Waals surface area contributed by atoms with Gasteiger partial charge in [0.05, 0.1) is 0 Å². The third-order valence-corrected chi connectivity index (χ3v) is 2.06. The lowest BCUT2D eigenvalue weighted by Gasteiger charge is -2.08. The summed E-state index contributed by atoms with van der Waals surface area (Å²) in [5.41, 5.74) is 5.04. The number of carbonyl (C=O) groups excluding carboxylic acids is 1. The minimum atomic E-state index is -2.63. The Morgan fingerprint density at radius 1 is 1.56 bits per heavy atom. The number of carbonyl (C=O) groups is 1. The average molecular weight is 232 g/mol. The molecule has 0 saturated carbocycles. The van der Waals surface area contributed by atoms with Crippen molar-refractivity contribution in [3.63, 3.8) is 0 Å². The van der Waals surface area contributed by atoms with Gasteiger partial charge in [-0.05, 0) is 19.8 Å². The maximum atomic E-state index is 12.5. The van der Waals surface area contributed by atoms with Gasteiger partial charge in [-0.15, -0.1) is 0 Å². The summed E-state index contributed by atoms with van der Waals surface area (Å²) >= 11 is 0. The normalized spacial score (nSPS) is 11.7. The van der Waals surface area contributed by atoms with Crippen LogP contribution in [-0.2, 0) is 6.42 Å². The van der Waals surface area contributed by atoms with E-state index in [0.717, 1.165) is 6.92 Å². The van der Waals surface area contributed by atoms with Gasteiger partial charge in [-0.1, -0.05) is 0 Å². The molecule has 6 heteroatoms. The summed E-state index contributed by atoms with van der Waals surface area (Å²) in [5, 5.41) is 0. The molecule has 90 valence electrons. The van der Waals surface area contributed by atoms with Crippen molar-refractivity contribution in [1.82, 2.24) is 4.98 Å². The minimum absolute atomic E-state index is 0.0656. The van der Waals surface area contributed by atoms with Gasteiger partial charge >= 0.3 is 0 Å². The Kier molecular flexibility index (Phi) is 3.98. The molecule has 1 rings (SSSR count). The lowest BCUT2D eigenvalue weighted by Crippen LogP contribution is -2.11. The van der Waals surface area contributed by atoms with Crippen LogP contribution in [0.25, 0.3) is 0 Å². The van der Waals surface area contributed by atoms with Gasteiger partial charge in [0, 0.05) is 12.8 Å². The highest BCUT2D eigenvalue weighted by Crippen LogP contribution is 2.20. The number of aryl methyl sites for hydroxylation is 1. The van der Waals surface area contributed by atoms with Gasteiger partial charge in [0.25, 0.3) is 5.91 Å². The van der Waals surface area contributed by atoms with Gasteiger partial charge in [-0.3, -0.25) is 4.79 Å². The summed E-state index contributed by atoms with van der Waals surface area (Å²) in [5.74, 6) is -2.93. The number of alkyl halides is 2. The fourth-order valence-corrected chi connectivity index (χ4v) is 1.25. The molecule has 4 nitrogen and oxygen atoms in total. The van der Waals surface area contributed by atoms with Crippen molar-refractivity contribution in [2.45, 2.75) is 38.5 Å². The fourth-order valence-electron chi connectivity index (χ4n) is 1.25. The lowest BCUT2D eigenvalue weighted by molar-refractivity contribution is 0.0104. The van der Waals surface area contributed by atoms with Gasteiger partial charge in [-0.25, -0.2) is 13.8 Å². The number of unbranched alkanes of at least 4 members (excludes halogenated alkanes) is 1. The van der Waals surface area contributed by atoms with E-state index in [0.29, 0.717) is 25.2 Å². The average Bonchev–Trinajstić information content (AvgIpc) is 2.59. The molecule has 0 aliphatic heterocycles. The largest absolute Gasteiger partial charge is 0.448 e. The highest BCUT2D eigenvalue weighted by molar-refractivity contribution is 5.90. The van der Waals surface area contributed by atoms with Crippen LogP contribution in [0, 0.1) is 0 Å². The van der Waals surface area contributed by atoms with E-state index in [1.54, 1.807) is 0 Å². The fraction of sp³-hybridized carbons (Fsp3) is 0.600. The molecule has 1 amide bonds. The third kappa shape index (κ3) is 4.37. The Bertz CT molecular complexity index is 358. The van der Waals surface area contributed by atoms with Crippen molar-refractivity contribution in [3.8, 4) is 0 Å². The summed E-state index contributed by atoms with van der Waals surface area (Å²) in [4.78, 5) is 14.5. The van der Waals surface area contributed by atoms with Crippen molar-refractivity contribution in [2.24, 2.45) is 5.73 Å². The SMILES string of the molecule is CC(F)(F)CCCCc1nc(C(N)=O)co1. The molecular formula is C10H14F2N2O2. The van der Waals surface area contributed by atoms with Gasteiger partial charge in [0.1, 0.15) is 6.26 Å². The van der Waals surface area contributed by atoms with E-state index in [2.05, 4.69) is 4.98 Å². The number of halogens is 2. The molecule has 0 aliphatic rings. The zero-order valence-corrected chi connectivity index (χ0v) is 9.00. The summed E-state index contributed by atoms with van der Waals surface area (Å²) in [6.45, 7) is 0.892. The molecule has 0 bridgehead atoms. The molecule has 1 aromatic heterocycles. The van der Waals surface area contributed by atoms with Gasteiger partial charge in [-0.2, -0.15) is 0 Å². The first-order valence-corrected chi connectivity index (χ1v) is 5.00. The smallest absolute Gasteiger partial charge is 0.270 e. The van der Waals surface area contributed by atoms with Crippen molar-refractivity contribution in [1.29, 1.82) is 0 Å². The highest BCUT2D eigenvalue weighted by Gasteiger charge is 2.19. The zero-order valence-electron chi connectivity index (χ0n) is 9.00. The predicted octanol–water partition coefficient (Wildman–Crippen LogP) is 2.14. The van der Waals surface area contributed by atoms with E-state index in [1.165, 1.54) is 6.26 Å². The number of rotatable bonds is 6. The summed E-state index contributed by atoms with van der Waals surface area (Å²) in [6.07, 6.45) is 2.38. The molecule has 0 aliphatic carbocycles. The zero-order chi connectivity index (χ0) is 12.2. The van der Waals surface area contributed by atoms with Crippen LogP contribution in [0.1, 0.15) is 42.6 Å². The number of aromatic nitrogens is 1. The lowest BCUT2D eigenvalue weighted by atomic mass is 10.1. The Morgan fingerprint density at radius 2 is 2.25 bits per heavy atom. The van der Waals surface area contributed by atoms with Crippen LogP contribution in [0.4, 0.5) is 8.78 Å². The highest BCUT2D eigenvalue weighted by atomic mass is 19.3. The summed E-state index contributed by atoms with van der Waals surface area (Å²) < 4.78 is 29.9. The molecule has 2 N–H and O–H groups in total. The first-order chi connectivity index (χ1) is 7.38. The number of nitrogens with two attached hydrogens (primary N) is 1. The predicted molar refractivity (Wildman–Crippen MR) is 53.2 cm³/mol. The van der Waals surface area contributed by atoms with Gasteiger partial charge in [0.15, 0.2) is 11.6 Å². The first kappa shape index (κ1) is 12.6. The number of oxazole rings is 1. The second kappa shape index (κ2) is 5.05. The molecule has 0 radical (unpaired) electrons. The van der Waals surface area contributed by atoms with Crippen molar-refractivity contribution in [3.05, 3.63) is 17.8 Å². The number of hydrogen-bond acceptors (Lipinski definition) is 3. The van der Waals surface area contributed by atoms with Crippen LogP contribution in [0.3, 0.4) is 0 Å². The van der Waals surface area contributed by atoms with Crippen molar-refractivity contribution < 1.29 is 18.0 Å². The van der Waals surface area contributed by atoms with Crippen molar-refractivity contribution in [2.75, 3.05) is 0 Å². The molecule has 0 unspecified atom stereocenters. The molecule has 0 spiro atoms. The standard InChI is InChI=1S/C10H14F2N2O2/c1-10(11,12)5-3-2-4-8-14-7(6-16-8)9(13)15/h6H,2-5H2,1H3,(H2,13,15). The maximum absolute atomic E-state index is 12.5. The van der Waals surface area contributed by atoms with Crippen LogP contribution in [0.15, 0.2) is 10.7 Å². The quantitative estimate of drug-likeness (QED) is 0.764. The Balaban J connectivity index is 2.30. The van der Waals surface area contributed by atoms with E-state index < -0.39 is 11.8 Å². The van der Waals surface area contributed by atoms with Gasteiger partial charge in [0.2, 0.25) is 5.92 Å². The molecule has 1 heterocycles. The molecule has 0 saturated heterocycles. The minimum Gasteiger partial charge on any atom is -0.448 e. The number of hydrogen-bond donors (Lipinski definition) is 1. The monoisotopic (exact) mass is 232 g/mol. The number of nitrogens with zero attached hydrogens (tertiary/aromatic N) is 1. The van der Waals surface area contributed by atoms with E-state index in [4.69, 9.17) is 10.2 Å². The Hall–Kier alpha value is -1.46. The van der Waals surface area contributed by atoms with Crippen LogP contribution >= 0.6 is 0 Å². The summed E-state index contributed by atoms with van der Waals surface area (Å²) in [7, 11) is 0. The maximum Gasteiger partial charge on any atom is 0.270 e. The molecule has 0 fully saturated rings. The molecule has 0 atom stereocenters. The van der Waals surface area contributed by atoms with E-state index in [9.17, 15) is 13.6 Å². The van der Waals surface area contributed by atoms with E-state index in [1.807, 2.05) is 0 Å². The van der Waals surface area contributed by atoms with Crippen molar-refractivity contribution >= 4 is 5.91 Å². The number of primary amides is 1. The second-order valence-corrected chi connectivity index (χ2v) is 3.77. The molecule has 1 aromatic rings.